The molecule has 3 aromatic carbocycles. The van der Waals surface area contributed by atoms with Crippen LogP contribution in [-0.4, -0.2) is 40.2 Å². The van der Waals surface area contributed by atoms with Crippen molar-refractivity contribution >= 4 is 33.2 Å². The Labute approximate surface area is 240 Å². The lowest BCUT2D eigenvalue weighted by Gasteiger charge is -2.25. The zero-order valence-electron chi connectivity index (χ0n) is 22.4. The summed E-state index contributed by atoms with van der Waals surface area (Å²) in [4.78, 5) is 58.4. The summed E-state index contributed by atoms with van der Waals surface area (Å²) in [5, 5.41) is 0. The molecule has 1 aliphatic carbocycles. The standard InChI is InChI=1S/C31H22N4O6S/c1-19-27(31(39)34(33(19)2)21-11-4-3-5-12-21)35(30(38)20-10-9-17-32-18-20)42(40,41)25-16-8-15-24-26(25)29(37)23-14-7-6-13-22(23)28(24)36/h3-18H,1-2H3. The Bertz CT molecular complexity index is 2100. The molecule has 10 nitrogen and oxygen atoms in total. The van der Waals surface area contributed by atoms with Gasteiger partial charge in [-0.3, -0.25) is 28.8 Å². The molecule has 0 saturated heterocycles. The van der Waals surface area contributed by atoms with Crippen molar-refractivity contribution in [1.82, 2.24) is 14.3 Å². The van der Waals surface area contributed by atoms with Crippen molar-refractivity contribution in [3.63, 3.8) is 0 Å². The minimum Gasteiger partial charge on any atom is -0.289 e. The Balaban J connectivity index is 1.63. The van der Waals surface area contributed by atoms with Crippen molar-refractivity contribution in [1.29, 1.82) is 0 Å². The summed E-state index contributed by atoms with van der Waals surface area (Å²) >= 11 is 0. The van der Waals surface area contributed by atoms with Crippen LogP contribution in [0.15, 0.2) is 107 Å². The first-order chi connectivity index (χ1) is 20.1. The summed E-state index contributed by atoms with van der Waals surface area (Å²) < 4.78 is 32.3. The van der Waals surface area contributed by atoms with Crippen LogP contribution in [0.2, 0.25) is 0 Å². The molecule has 2 aromatic heterocycles. The van der Waals surface area contributed by atoms with Gasteiger partial charge in [-0.15, -0.1) is 0 Å². The molecule has 42 heavy (non-hydrogen) atoms. The van der Waals surface area contributed by atoms with Crippen molar-refractivity contribution in [2.24, 2.45) is 7.05 Å². The Kier molecular flexibility index (Phi) is 6.31. The van der Waals surface area contributed by atoms with Gasteiger partial charge in [0.05, 0.1) is 27.4 Å². The molecule has 1 amide bonds. The maximum Gasteiger partial charge on any atom is 0.296 e. The van der Waals surface area contributed by atoms with Crippen LogP contribution in [0, 0.1) is 6.92 Å². The van der Waals surface area contributed by atoms with Crippen LogP contribution in [0.3, 0.4) is 0 Å². The van der Waals surface area contributed by atoms with E-state index in [1.165, 1.54) is 65.1 Å². The van der Waals surface area contributed by atoms with E-state index in [1.807, 2.05) is 0 Å². The van der Waals surface area contributed by atoms with Gasteiger partial charge in [0.25, 0.3) is 21.5 Å². The number of nitrogens with zero attached hydrogens (tertiary/aromatic N) is 4. The highest BCUT2D eigenvalue weighted by Crippen LogP contribution is 2.35. The Hall–Kier alpha value is -5.42. The van der Waals surface area contributed by atoms with Crippen LogP contribution in [-0.2, 0) is 17.1 Å². The first-order valence-corrected chi connectivity index (χ1v) is 14.2. The topological polar surface area (TPSA) is 128 Å². The van der Waals surface area contributed by atoms with Gasteiger partial charge in [-0.05, 0) is 37.3 Å². The highest BCUT2D eigenvalue weighted by Gasteiger charge is 2.42. The minimum atomic E-state index is -4.98. The molecule has 6 rings (SSSR count). The number of para-hydroxylation sites is 1. The van der Waals surface area contributed by atoms with Crippen molar-refractivity contribution < 1.29 is 22.8 Å². The normalized spacial score (nSPS) is 12.5. The zero-order chi connectivity index (χ0) is 29.8. The maximum absolute atomic E-state index is 14.6. The average molecular weight is 579 g/mol. The first-order valence-electron chi connectivity index (χ1n) is 12.8. The van der Waals surface area contributed by atoms with Crippen LogP contribution in [0.4, 0.5) is 5.69 Å². The van der Waals surface area contributed by atoms with E-state index in [0.29, 0.717) is 9.99 Å². The Morgan fingerprint density at radius 3 is 2.10 bits per heavy atom. The number of anilines is 1. The van der Waals surface area contributed by atoms with E-state index < -0.39 is 43.6 Å². The maximum atomic E-state index is 14.6. The van der Waals surface area contributed by atoms with E-state index in [0.717, 1.165) is 6.07 Å². The van der Waals surface area contributed by atoms with Gasteiger partial charge in [0, 0.05) is 36.1 Å². The Morgan fingerprint density at radius 2 is 1.43 bits per heavy atom. The summed E-state index contributed by atoms with van der Waals surface area (Å²) in [6, 6.07) is 21.4. The third-order valence-corrected chi connectivity index (χ3v) is 8.98. The molecule has 0 spiro atoms. The molecular weight excluding hydrogens is 556 g/mol. The number of pyridine rings is 1. The first kappa shape index (κ1) is 26.8. The van der Waals surface area contributed by atoms with Gasteiger partial charge in [0.1, 0.15) is 5.69 Å². The zero-order valence-corrected chi connectivity index (χ0v) is 23.2. The van der Waals surface area contributed by atoms with Gasteiger partial charge in [-0.25, -0.2) is 13.1 Å². The van der Waals surface area contributed by atoms with Crippen LogP contribution in [0.25, 0.3) is 5.69 Å². The number of rotatable bonds is 5. The number of benzene rings is 3. The minimum absolute atomic E-state index is 0.0464. The van der Waals surface area contributed by atoms with E-state index in [9.17, 15) is 27.6 Å². The van der Waals surface area contributed by atoms with Gasteiger partial charge in [-0.1, -0.05) is 54.6 Å². The number of aromatic nitrogens is 3. The molecule has 0 saturated carbocycles. The van der Waals surface area contributed by atoms with E-state index in [2.05, 4.69) is 4.98 Å². The van der Waals surface area contributed by atoms with E-state index in [4.69, 9.17) is 0 Å². The second-order valence-corrected chi connectivity index (χ2v) is 11.4. The smallest absolute Gasteiger partial charge is 0.289 e. The number of carbonyl (C=O) groups is 3. The van der Waals surface area contributed by atoms with Crippen LogP contribution in [0.1, 0.15) is 47.9 Å². The average Bonchev–Trinajstić information content (AvgIpc) is 3.23. The highest BCUT2D eigenvalue weighted by molar-refractivity contribution is 7.93. The number of carbonyl (C=O) groups excluding carboxylic acids is 3. The van der Waals surface area contributed by atoms with Crippen molar-refractivity contribution in [3.05, 3.63) is 141 Å². The molecule has 2 heterocycles. The molecule has 0 fully saturated rings. The summed E-state index contributed by atoms with van der Waals surface area (Å²) in [6.45, 7) is 1.51. The summed E-state index contributed by atoms with van der Waals surface area (Å²) in [6.07, 6.45) is 2.60. The van der Waals surface area contributed by atoms with Crippen molar-refractivity contribution in [2.45, 2.75) is 11.8 Å². The van der Waals surface area contributed by atoms with Gasteiger partial charge in [0.15, 0.2) is 11.6 Å². The molecule has 5 aromatic rings. The number of sulfonamides is 1. The lowest BCUT2D eigenvalue weighted by molar-refractivity contribution is 0.0976. The lowest BCUT2D eigenvalue weighted by atomic mass is 9.84. The molecule has 0 radical (unpaired) electrons. The summed E-state index contributed by atoms with van der Waals surface area (Å²) in [5.41, 5.74) is -0.970. The van der Waals surface area contributed by atoms with E-state index in [-0.39, 0.29) is 33.5 Å². The van der Waals surface area contributed by atoms with Gasteiger partial charge < -0.3 is 0 Å². The predicted molar refractivity (Wildman–Crippen MR) is 154 cm³/mol. The third kappa shape index (κ3) is 3.93. The van der Waals surface area contributed by atoms with Gasteiger partial charge in [0.2, 0.25) is 0 Å². The van der Waals surface area contributed by atoms with Gasteiger partial charge in [-0.2, -0.15) is 4.31 Å². The fourth-order valence-corrected chi connectivity index (χ4v) is 6.83. The summed E-state index contributed by atoms with van der Waals surface area (Å²) in [5.74, 6) is -2.26. The quantitative estimate of drug-likeness (QED) is 0.305. The fourth-order valence-electron chi connectivity index (χ4n) is 5.15. The molecule has 0 bridgehead atoms. The number of amides is 1. The van der Waals surface area contributed by atoms with Crippen LogP contribution in [0.5, 0.6) is 0 Å². The SMILES string of the molecule is Cc1c(N(C(=O)c2cccnc2)S(=O)(=O)c2cccc3c2C(=O)c2ccccc2C3=O)c(=O)n(-c2ccccc2)n1C. The van der Waals surface area contributed by atoms with Gasteiger partial charge >= 0.3 is 0 Å². The van der Waals surface area contributed by atoms with Crippen molar-refractivity contribution in [3.8, 4) is 5.69 Å². The Morgan fingerprint density at radius 1 is 0.786 bits per heavy atom. The van der Waals surface area contributed by atoms with E-state index >= 15 is 0 Å². The lowest BCUT2D eigenvalue weighted by Crippen LogP contribution is -2.41. The van der Waals surface area contributed by atoms with Crippen LogP contribution < -0.4 is 9.86 Å². The molecule has 0 unspecified atom stereocenters. The van der Waals surface area contributed by atoms with E-state index in [1.54, 1.807) is 49.5 Å². The number of fused-ring (bicyclic) bond motifs is 2. The molecule has 11 heteroatoms. The number of ketones is 2. The van der Waals surface area contributed by atoms with Crippen molar-refractivity contribution in [2.75, 3.05) is 4.31 Å². The number of hydrogen-bond acceptors (Lipinski definition) is 7. The molecular formula is C31H22N4O6S. The number of hydrogen-bond donors (Lipinski definition) is 0. The third-order valence-electron chi connectivity index (χ3n) is 7.25. The highest BCUT2D eigenvalue weighted by atomic mass is 32.2. The largest absolute Gasteiger partial charge is 0.296 e. The predicted octanol–water partition coefficient (Wildman–Crippen LogP) is 3.69. The monoisotopic (exact) mass is 578 g/mol. The molecule has 208 valence electrons. The molecule has 1 aliphatic rings. The summed E-state index contributed by atoms with van der Waals surface area (Å²) in [7, 11) is -3.41. The second kappa shape index (κ2) is 9.89. The molecule has 0 atom stereocenters. The van der Waals surface area contributed by atoms with Crippen LogP contribution >= 0.6 is 0 Å². The second-order valence-electron chi connectivity index (χ2n) is 9.61. The molecule has 0 aliphatic heterocycles. The fraction of sp³-hybridized carbons (Fsp3) is 0.0645. The molecule has 0 N–H and O–H groups in total.